The van der Waals surface area contributed by atoms with Crippen molar-refractivity contribution in [3.63, 3.8) is 0 Å². The van der Waals surface area contributed by atoms with Crippen molar-refractivity contribution in [2.24, 2.45) is 0 Å². The summed E-state index contributed by atoms with van der Waals surface area (Å²) < 4.78 is 5.59. The van der Waals surface area contributed by atoms with Gasteiger partial charge in [0.05, 0.1) is 18.2 Å². The highest BCUT2D eigenvalue weighted by Crippen LogP contribution is 2.16. The SMILES string of the molecule is CCc1ccc(C(C)NC(=O)NC(C)C2CCCO2)cc1. The highest BCUT2D eigenvalue weighted by atomic mass is 16.5. The summed E-state index contributed by atoms with van der Waals surface area (Å²) >= 11 is 0. The summed E-state index contributed by atoms with van der Waals surface area (Å²) in [5.41, 5.74) is 2.43. The van der Waals surface area contributed by atoms with Crippen LogP contribution in [0.5, 0.6) is 0 Å². The van der Waals surface area contributed by atoms with E-state index in [0.717, 1.165) is 31.4 Å². The van der Waals surface area contributed by atoms with Crippen molar-refractivity contribution in [2.75, 3.05) is 6.61 Å². The van der Waals surface area contributed by atoms with Crippen molar-refractivity contribution in [1.82, 2.24) is 10.6 Å². The molecule has 3 unspecified atom stereocenters. The molecule has 4 nitrogen and oxygen atoms in total. The van der Waals surface area contributed by atoms with Gasteiger partial charge in [0, 0.05) is 6.61 Å². The summed E-state index contributed by atoms with van der Waals surface area (Å²) in [6.45, 7) is 6.93. The summed E-state index contributed by atoms with van der Waals surface area (Å²) in [5, 5.41) is 5.95. The van der Waals surface area contributed by atoms with E-state index in [-0.39, 0.29) is 24.2 Å². The van der Waals surface area contributed by atoms with E-state index < -0.39 is 0 Å². The van der Waals surface area contributed by atoms with E-state index in [2.05, 4.69) is 41.8 Å². The van der Waals surface area contributed by atoms with Crippen LogP contribution in [-0.2, 0) is 11.2 Å². The average Bonchev–Trinajstić information content (AvgIpc) is 3.01. The van der Waals surface area contributed by atoms with Gasteiger partial charge in [0.1, 0.15) is 0 Å². The van der Waals surface area contributed by atoms with Crippen LogP contribution in [0.3, 0.4) is 0 Å². The molecule has 1 aromatic carbocycles. The lowest BCUT2D eigenvalue weighted by Crippen LogP contribution is -2.46. The van der Waals surface area contributed by atoms with Crippen LogP contribution in [0.15, 0.2) is 24.3 Å². The summed E-state index contributed by atoms with van der Waals surface area (Å²) in [6, 6.07) is 8.28. The van der Waals surface area contributed by atoms with Crippen LogP contribution in [0.1, 0.15) is 50.8 Å². The molecule has 1 fully saturated rings. The van der Waals surface area contributed by atoms with Crippen molar-refractivity contribution < 1.29 is 9.53 Å². The van der Waals surface area contributed by atoms with E-state index in [4.69, 9.17) is 4.74 Å². The first kappa shape index (κ1) is 15.8. The summed E-state index contributed by atoms with van der Waals surface area (Å²) in [7, 11) is 0. The first-order valence-electron chi connectivity index (χ1n) is 7.87. The number of ether oxygens (including phenoxy) is 1. The van der Waals surface area contributed by atoms with Gasteiger partial charge in [-0.1, -0.05) is 31.2 Å². The Balaban J connectivity index is 1.83. The number of hydrogen-bond donors (Lipinski definition) is 2. The lowest BCUT2D eigenvalue weighted by atomic mass is 10.1. The Hall–Kier alpha value is -1.55. The first-order chi connectivity index (χ1) is 10.1. The van der Waals surface area contributed by atoms with E-state index in [1.807, 2.05) is 13.8 Å². The fourth-order valence-corrected chi connectivity index (χ4v) is 2.66. The van der Waals surface area contributed by atoms with Gasteiger partial charge in [0.15, 0.2) is 0 Å². The molecule has 1 saturated heterocycles. The molecule has 116 valence electrons. The minimum atomic E-state index is -0.134. The number of benzene rings is 1. The summed E-state index contributed by atoms with van der Waals surface area (Å²) in [6.07, 6.45) is 3.28. The standard InChI is InChI=1S/C17H26N2O2/c1-4-14-7-9-15(10-8-14)12(2)18-17(20)19-13(3)16-6-5-11-21-16/h7-10,12-13,16H,4-6,11H2,1-3H3,(H2,18,19,20). The Morgan fingerprint density at radius 3 is 2.57 bits per heavy atom. The highest BCUT2D eigenvalue weighted by Gasteiger charge is 2.23. The second-order valence-electron chi connectivity index (χ2n) is 5.77. The van der Waals surface area contributed by atoms with Gasteiger partial charge in [-0.2, -0.15) is 0 Å². The van der Waals surface area contributed by atoms with Crippen LogP contribution in [0.2, 0.25) is 0 Å². The molecule has 1 aliphatic rings. The Morgan fingerprint density at radius 1 is 1.29 bits per heavy atom. The molecule has 0 bridgehead atoms. The van der Waals surface area contributed by atoms with Gasteiger partial charge in [-0.3, -0.25) is 0 Å². The van der Waals surface area contributed by atoms with Crippen molar-refractivity contribution >= 4 is 6.03 Å². The number of nitrogens with one attached hydrogen (secondary N) is 2. The lowest BCUT2D eigenvalue weighted by Gasteiger charge is -2.22. The maximum absolute atomic E-state index is 12.0. The molecule has 0 spiro atoms. The number of urea groups is 1. The molecule has 1 aromatic rings. The Kier molecular flexibility index (Phi) is 5.62. The maximum atomic E-state index is 12.0. The minimum Gasteiger partial charge on any atom is -0.376 e. The molecule has 2 amide bonds. The monoisotopic (exact) mass is 290 g/mol. The molecule has 3 atom stereocenters. The maximum Gasteiger partial charge on any atom is 0.315 e. The van der Waals surface area contributed by atoms with Crippen molar-refractivity contribution in [2.45, 2.75) is 58.2 Å². The van der Waals surface area contributed by atoms with Gasteiger partial charge >= 0.3 is 6.03 Å². The van der Waals surface area contributed by atoms with Crippen molar-refractivity contribution in [3.05, 3.63) is 35.4 Å². The zero-order chi connectivity index (χ0) is 15.2. The van der Waals surface area contributed by atoms with Gasteiger partial charge in [0.25, 0.3) is 0 Å². The number of rotatable bonds is 5. The van der Waals surface area contributed by atoms with Crippen molar-refractivity contribution in [3.8, 4) is 0 Å². The summed E-state index contributed by atoms with van der Waals surface area (Å²) in [4.78, 5) is 12.0. The van der Waals surface area contributed by atoms with Gasteiger partial charge in [-0.15, -0.1) is 0 Å². The van der Waals surface area contributed by atoms with Crippen molar-refractivity contribution in [1.29, 1.82) is 0 Å². The molecule has 21 heavy (non-hydrogen) atoms. The molecular formula is C17H26N2O2. The Morgan fingerprint density at radius 2 is 2.00 bits per heavy atom. The van der Waals surface area contributed by atoms with Crippen LogP contribution in [-0.4, -0.2) is 24.8 Å². The second-order valence-corrected chi connectivity index (χ2v) is 5.77. The first-order valence-corrected chi connectivity index (χ1v) is 7.87. The van der Waals surface area contributed by atoms with Gasteiger partial charge < -0.3 is 15.4 Å². The smallest absolute Gasteiger partial charge is 0.315 e. The molecule has 1 heterocycles. The molecule has 0 radical (unpaired) electrons. The van der Waals surface area contributed by atoms with E-state index >= 15 is 0 Å². The molecule has 0 aromatic heterocycles. The van der Waals surface area contributed by atoms with Crippen LogP contribution in [0.4, 0.5) is 4.79 Å². The third-order valence-electron chi connectivity index (χ3n) is 4.12. The third-order valence-corrected chi connectivity index (χ3v) is 4.12. The average molecular weight is 290 g/mol. The molecule has 0 saturated carbocycles. The lowest BCUT2D eigenvalue weighted by molar-refractivity contribution is 0.0859. The fourth-order valence-electron chi connectivity index (χ4n) is 2.66. The van der Waals surface area contributed by atoms with E-state index in [1.165, 1.54) is 5.56 Å². The predicted octanol–water partition coefficient (Wildman–Crippen LogP) is 3.18. The zero-order valence-corrected chi connectivity index (χ0v) is 13.2. The van der Waals surface area contributed by atoms with Crippen LogP contribution < -0.4 is 10.6 Å². The van der Waals surface area contributed by atoms with E-state index in [1.54, 1.807) is 0 Å². The number of carbonyl (C=O) groups is 1. The van der Waals surface area contributed by atoms with Gasteiger partial charge in [-0.05, 0) is 44.2 Å². The molecule has 2 N–H and O–H groups in total. The number of amides is 2. The van der Waals surface area contributed by atoms with Crippen LogP contribution >= 0.6 is 0 Å². The Bertz CT molecular complexity index is 452. The fraction of sp³-hybridized carbons (Fsp3) is 0.588. The number of aryl methyl sites for hydroxylation is 1. The van der Waals surface area contributed by atoms with Crippen LogP contribution in [0, 0.1) is 0 Å². The number of carbonyl (C=O) groups excluding carboxylic acids is 1. The zero-order valence-electron chi connectivity index (χ0n) is 13.2. The van der Waals surface area contributed by atoms with Gasteiger partial charge in [-0.25, -0.2) is 4.79 Å². The topological polar surface area (TPSA) is 50.4 Å². The molecule has 1 aliphatic heterocycles. The minimum absolute atomic E-state index is 0.00685. The second kappa shape index (κ2) is 7.46. The predicted molar refractivity (Wildman–Crippen MR) is 84.3 cm³/mol. The molecule has 4 heteroatoms. The summed E-state index contributed by atoms with van der Waals surface area (Å²) in [5.74, 6) is 0. The molecule has 0 aliphatic carbocycles. The molecule has 2 rings (SSSR count). The largest absolute Gasteiger partial charge is 0.376 e. The third kappa shape index (κ3) is 4.46. The highest BCUT2D eigenvalue weighted by molar-refractivity contribution is 5.74. The Labute approximate surface area is 127 Å². The van der Waals surface area contributed by atoms with Crippen LogP contribution in [0.25, 0.3) is 0 Å². The van der Waals surface area contributed by atoms with E-state index in [0.29, 0.717) is 0 Å². The quantitative estimate of drug-likeness (QED) is 0.875. The number of hydrogen-bond acceptors (Lipinski definition) is 2. The normalized spacial score (nSPS) is 20.8. The van der Waals surface area contributed by atoms with E-state index in [9.17, 15) is 4.79 Å². The molecular weight excluding hydrogens is 264 g/mol. The van der Waals surface area contributed by atoms with Gasteiger partial charge in [0.2, 0.25) is 0 Å².